The summed E-state index contributed by atoms with van der Waals surface area (Å²) >= 11 is 0. The van der Waals surface area contributed by atoms with Crippen LogP contribution in [0.3, 0.4) is 0 Å². The van der Waals surface area contributed by atoms with Crippen LogP contribution in [0.15, 0.2) is 0 Å². The zero-order chi connectivity index (χ0) is 7.70. The summed E-state index contributed by atoms with van der Waals surface area (Å²) in [6, 6.07) is 0. The van der Waals surface area contributed by atoms with Gasteiger partial charge in [-0.3, -0.25) is 4.91 Å². The first-order chi connectivity index (χ1) is 4.22. The van der Waals surface area contributed by atoms with E-state index < -0.39 is 6.10 Å². The molecule has 0 aromatic rings. The molecule has 0 aromatic heterocycles. The summed E-state index contributed by atoms with van der Waals surface area (Å²) in [5.41, 5.74) is 13.5. The lowest BCUT2D eigenvalue weighted by atomic mass is 10.4. The fourth-order valence-electron chi connectivity index (χ4n) is 0.0577. The van der Waals surface area contributed by atoms with E-state index in [9.17, 15) is 0 Å². The topological polar surface area (TPSA) is 119 Å². The minimum Gasteiger partial charge on any atom is -0.394 e. The van der Waals surface area contributed by atoms with E-state index in [4.69, 9.17) is 26.4 Å². The van der Waals surface area contributed by atoms with Crippen molar-refractivity contribution in [2.75, 3.05) is 13.2 Å². The molecular formula is C3H8N3O3-. The van der Waals surface area contributed by atoms with Gasteiger partial charge in [0.05, 0.1) is 13.2 Å². The molecule has 0 rings (SSSR count). The van der Waals surface area contributed by atoms with Crippen molar-refractivity contribution in [1.29, 1.82) is 0 Å². The van der Waals surface area contributed by atoms with E-state index in [0.717, 1.165) is 0 Å². The van der Waals surface area contributed by atoms with Crippen LogP contribution in [0.5, 0.6) is 0 Å². The van der Waals surface area contributed by atoms with Gasteiger partial charge in [0.1, 0.15) is 6.10 Å². The number of aliphatic hydroxyl groups is 3. The van der Waals surface area contributed by atoms with E-state index in [1.807, 2.05) is 0 Å². The number of hydrogen-bond donors (Lipinski definition) is 3. The third-order valence-electron chi connectivity index (χ3n) is 0.421. The van der Waals surface area contributed by atoms with Crippen molar-refractivity contribution in [2.45, 2.75) is 6.10 Å². The Morgan fingerprint density at radius 3 is 1.44 bits per heavy atom. The second-order valence-electron chi connectivity index (χ2n) is 1.11. The van der Waals surface area contributed by atoms with Crippen LogP contribution in [0, 0.1) is 0 Å². The Bertz CT molecular complexity index is 76.4. The quantitative estimate of drug-likeness (QED) is 0.260. The monoisotopic (exact) mass is 134 g/mol. The molecule has 0 heterocycles. The summed E-state index contributed by atoms with van der Waals surface area (Å²) in [6.45, 7) is -0.729. The van der Waals surface area contributed by atoms with Crippen LogP contribution in [0.4, 0.5) is 0 Å². The van der Waals surface area contributed by atoms with Gasteiger partial charge in [0.2, 0.25) is 0 Å². The van der Waals surface area contributed by atoms with Gasteiger partial charge in [-0.15, -0.1) is 0 Å². The van der Waals surface area contributed by atoms with Crippen LogP contribution in [-0.4, -0.2) is 34.6 Å². The third-order valence-corrected chi connectivity index (χ3v) is 0.421. The van der Waals surface area contributed by atoms with Crippen molar-refractivity contribution in [2.24, 2.45) is 0 Å². The molecule has 9 heavy (non-hydrogen) atoms. The molecule has 0 aliphatic carbocycles. The lowest BCUT2D eigenvalue weighted by Gasteiger charge is -1.96. The normalized spacial score (nSPS) is 7.56. The Hall–Kier alpha value is -0.810. The van der Waals surface area contributed by atoms with Crippen molar-refractivity contribution in [3.8, 4) is 0 Å². The standard InChI is InChI=1S/C3H8O3.N3/c4-1-3(6)2-5;1-3-2/h3-6H,1-2H2;/q;-1. The van der Waals surface area contributed by atoms with Crippen LogP contribution < -0.4 is 0 Å². The first-order valence-electron chi connectivity index (χ1n) is 2.11. The van der Waals surface area contributed by atoms with E-state index in [1.54, 1.807) is 0 Å². The Morgan fingerprint density at radius 2 is 1.44 bits per heavy atom. The maximum Gasteiger partial charge on any atom is 0.100 e. The van der Waals surface area contributed by atoms with Gasteiger partial charge in [0.15, 0.2) is 0 Å². The molecule has 3 N–H and O–H groups in total. The molecule has 0 aliphatic heterocycles. The van der Waals surface area contributed by atoms with Crippen molar-refractivity contribution in [3.63, 3.8) is 0 Å². The average Bonchev–Trinajstić information content (AvgIpc) is 1.88. The van der Waals surface area contributed by atoms with Gasteiger partial charge < -0.3 is 26.4 Å². The molecule has 0 bridgehead atoms. The summed E-state index contributed by atoms with van der Waals surface area (Å²) in [4.78, 5) is 1.50. The van der Waals surface area contributed by atoms with E-state index in [-0.39, 0.29) is 13.2 Å². The van der Waals surface area contributed by atoms with Crippen LogP contribution >= 0.6 is 0 Å². The summed E-state index contributed by atoms with van der Waals surface area (Å²) in [6.07, 6.45) is -0.954. The van der Waals surface area contributed by atoms with Gasteiger partial charge in [0, 0.05) is 0 Å². The highest BCUT2D eigenvalue weighted by Crippen LogP contribution is 1.71. The van der Waals surface area contributed by atoms with E-state index in [0.29, 0.717) is 0 Å². The zero-order valence-electron chi connectivity index (χ0n) is 4.67. The molecule has 0 fully saturated rings. The van der Waals surface area contributed by atoms with Crippen LogP contribution in [0.2, 0.25) is 0 Å². The summed E-state index contributed by atoms with van der Waals surface area (Å²) < 4.78 is 0. The van der Waals surface area contributed by atoms with Crippen molar-refractivity contribution in [3.05, 3.63) is 16.0 Å². The molecule has 0 spiro atoms. The van der Waals surface area contributed by atoms with Gasteiger partial charge >= 0.3 is 0 Å². The van der Waals surface area contributed by atoms with Crippen LogP contribution in [-0.2, 0) is 0 Å². The van der Waals surface area contributed by atoms with Gasteiger partial charge in [-0.2, -0.15) is 0 Å². The van der Waals surface area contributed by atoms with Gasteiger partial charge in [0.25, 0.3) is 0 Å². The smallest absolute Gasteiger partial charge is 0.100 e. The molecule has 0 atom stereocenters. The highest BCUT2D eigenvalue weighted by atomic mass is 16.3. The van der Waals surface area contributed by atoms with E-state index in [1.165, 1.54) is 4.91 Å². The summed E-state index contributed by atoms with van der Waals surface area (Å²) in [7, 11) is 0. The molecule has 0 unspecified atom stereocenters. The molecule has 0 radical (unpaired) electrons. The lowest BCUT2D eigenvalue weighted by Crippen LogP contribution is -2.15. The van der Waals surface area contributed by atoms with Gasteiger partial charge in [-0.05, 0) is 0 Å². The molecule has 54 valence electrons. The number of nitrogens with zero attached hydrogens (tertiary/aromatic N) is 3. The number of rotatable bonds is 2. The molecule has 0 saturated heterocycles. The van der Waals surface area contributed by atoms with Gasteiger partial charge in [-0.25, -0.2) is 0 Å². The lowest BCUT2D eigenvalue weighted by molar-refractivity contribution is 0.0450. The molecule has 0 saturated carbocycles. The predicted octanol–water partition coefficient (Wildman–Crippen LogP) is -0.802. The molecule has 6 heteroatoms. The van der Waals surface area contributed by atoms with E-state index >= 15 is 0 Å². The second kappa shape index (κ2) is 10.2. The number of aliphatic hydroxyl groups excluding tert-OH is 3. The molecule has 0 amide bonds. The highest BCUT2D eigenvalue weighted by molar-refractivity contribution is 4.44. The Morgan fingerprint density at radius 1 is 1.22 bits per heavy atom. The largest absolute Gasteiger partial charge is 0.394 e. The van der Waals surface area contributed by atoms with Crippen molar-refractivity contribution in [1.82, 2.24) is 0 Å². The Labute approximate surface area is 51.8 Å². The average molecular weight is 134 g/mol. The molecule has 6 nitrogen and oxygen atoms in total. The van der Waals surface area contributed by atoms with Crippen molar-refractivity contribution >= 4 is 0 Å². The maximum absolute atomic E-state index is 8.17. The summed E-state index contributed by atoms with van der Waals surface area (Å²) in [5.74, 6) is 0. The Balaban J connectivity index is 0. The first kappa shape index (κ1) is 11.0. The van der Waals surface area contributed by atoms with Gasteiger partial charge in [-0.1, -0.05) is 0 Å². The molecule has 0 aliphatic rings. The van der Waals surface area contributed by atoms with Crippen LogP contribution in [0.1, 0.15) is 0 Å². The second-order valence-corrected chi connectivity index (χ2v) is 1.11. The van der Waals surface area contributed by atoms with E-state index in [2.05, 4.69) is 0 Å². The molecular weight excluding hydrogens is 126 g/mol. The van der Waals surface area contributed by atoms with Crippen molar-refractivity contribution < 1.29 is 15.3 Å². The first-order valence-corrected chi connectivity index (χ1v) is 2.11. The molecule has 0 aromatic carbocycles. The SMILES string of the molecule is OCC(O)CO.[N-]=[N+]=[N-]. The fraction of sp³-hybridized carbons (Fsp3) is 1.00. The fourth-order valence-corrected chi connectivity index (χ4v) is 0.0577. The van der Waals surface area contributed by atoms with Crippen LogP contribution in [0.25, 0.3) is 16.0 Å². The minimum atomic E-state index is -0.954. The number of hydrogen-bond acceptors (Lipinski definition) is 3. The zero-order valence-corrected chi connectivity index (χ0v) is 4.67. The Kier molecular flexibility index (Phi) is 12.6. The predicted molar refractivity (Wildman–Crippen MR) is 30.3 cm³/mol. The highest BCUT2D eigenvalue weighted by Gasteiger charge is 1.93. The summed E-state index contributed by atoms with van der Waals surface area (Å²) in [5, 5.41) is 24.0. The maximum atomic E-state index is 8.17. The third kappa shape index (κ3) is 19.0. The minimum absolute atomic E-state index is 0.365.